The Bertz CT molecular complexity index is 395. The quantitative estimate of drug-likeness (QED) is 0.747. The number of hydrogen-bond acceptors (Lipinski definition) is 4. The van der Waals surface area contributed by atoms with Crippen LogP contribution in [-0.4, -0.2) is 45.3 Å². The summed E-state index contributed by atoms with van der Waals surface area (Å²) >= 11 is 0. The van der Waals surface area contributed by atoms with Crippen LogP contribution in [0.25, 0.3) is 0 Å². The topological polar surface area (TPSA) is 33.7 Å². The molecule has 1 fully saturated rings. The van der Waals surface area contributed by atoms with Crippen molar-refractivity contribution in [3.05, 3.63) is 23.8 Å². The van der Waals surface area contributed by atoms with Gasteiger partial charge in [-0.2, -0.15) is 0 Å². The van der Waals surface area contributed by atoms with Gasteiger partial charge in [0.1, 0.15) is 11.5 Å². The van der Waals surface area contributed by atoms with Crippen LogP contribution in [0.3, 0.4) is 0 Å². The maximum atomic E-state index is 5.29. The normalized spacial score (nSPS) is 15.9. The summed E-state index contributed by atoms with van der Waals surface area (Å²) in [5.41, 5.74) is 1.20. The third kappa shape index (κ3) is 5.56. The van der Waals surface area contributed by atoms with E-state index in [1.165, 1.54) is 50.9 Å². The average Bonchev–Trinajstić information content (AvgIpc) is 2.55. The molecule has 1 aliphatic rings. The van der Waals surface area contributed by atoms with Gasteiger partial charge >= 0.3 is 0 Å². The number of benzene rings is 1. The summed E-state index contributed by atoms with van der Waals surface area (Å²) in [5, 5.41) is 3.51. The predicted octanol–water partition coefficient (Wildman–Crippen LogP) is 2.67. The Morgan fingerprint density at radius 1 is 1.00 bits per heavy atom. The van der Waals surface area contributed by atoms with E-state index in [-0.39, 0.29) is 0 Å². The van der Waals surface area contributed by atoms with E-state index in [2.05, 4.69) is 22.3 Å². The van der Waals surface area contributed by atoms with Gasteiger partial charge in [-0.1, -0.05) is 6.42 Å². The highest BCUT2D eigenvalue weighted by atomic mass is 16.5. The van der Waals surface area contributed by atoms with E-state index in [9.17, 15) is 0 Å². The van der Waals surface area contributed by atoms with Gasteiger partial charge in [-0.15, -0.1) is 0 Å². The zero-order valence-corrected chi connectivity index (χ0v) is 13.4. The van der Waals surface area contributed by atoms with Crippen molar-refractivity contribution in [2.45, 2.75) is 32.2 Å². The van der Waals surface area contributed by atoms with E-state index in [0.29, 0.717) is 0 Å². The molecule has 0 radical (unpaired) electrons. The van der Waals surface area contributed by atoms with Crippen molar-refractivity contribution in [3.63, 3.8) is 0 Å². The minimum atomic E-state index is 0.847. The van der Waals surface area contributed by atoms with Crippen molar-refractivity contribution in [1.82, 2.24) is 10.2 Å². The fourth-order valence-corrected chi connectivity index (χ4v) is 2.81. The zero-order valence-electron chi connectivity index (χ0n) is 13.4. The lowest BCUT2D eigenvalue weighted by Gasteiger charge is -2.26. The van der Waals surface area contributed by atoms with Gasteiger partial charge in [0.15, 0.2) is 0 Å². The van der Waals surface area contributed by atoms with Crippen molar-refractivity contribution in [1.29, 1.82) is 0 Å². The molecule has 0 unspecified atom stereocenters. The predicted molar refractivity (Wildman–Crippen MR) is 86.2 cm³/mol. The van der Waals surface area contributed by atoms with Crippen LogP contribution in [0.5, 0.6) is 11.5 Å². The summed E-state index contributed by atoms with van der Waals surface area (Å²) < 4.78 is 10.6. The zero-order chi connectivity index (χ0) is 14.9. The number of likely N-dealkylation sites (tertiary alicyclic amines) is 1. The lowest BCUT2D eigenvalue weighted by Crippen LogP contribution is -2.32. The minimum absolute atomic E-state index is 0.847. The molecule has 4 nitrogen and oxygen atoms in total. The summed E-state index contributed by atoms with van der Waals surface area (Å²) in [6, 6.07) is 6.01. The number of methoxy groups -OCH3 is 2. The van der Waals surface area contributed by atoms with Crippen LogP contribution < -0.4 is 14.8 Å². The van der Waals surface area contributed by atoms with Gasteiger partial charge in [0.2, 0.25) is 0 Å². The highest BCUT2D eigenvalue weighted by molar-refractivity contribution is 5.38. The first kappa shape index (κ1) is 16.1. The molecule has 1 heterocycles. The van der Waals surface area contributed by atoms with Crippen LogP contribution in [0.4, 0.5) is 0 Å². The molecule has 2 rings (SSSR count). The van der Waals surface area contributed by atoms with E-state index in [1.807, 2.05) is 6.07 Å². The van der Waals surface area contributed by atoms with Crippen molar-refractivity contribution in [2.75, 3.05) is 40.4 Å². The second-order valence-corrected chi connectivity index (χ2v) is 5.65. The first-order chi connectivity index (χ1) is 10.3. The summed E-state index contributed by atoms with van der Waals surface area (Å²) in [4.78, 5) is 2.58. The molecule has 1 N–H and O–H groups in total. The molecule has 21 heavy (non-hydrogen) atoms. The molecule has 0 aromatic heterocycles. The van der Waals surface area contributed by atoms with Gasteiger partial charge < -0.3 is 19.7 Å². The van der Waals surface area contributed by atoms with E-state index >= 15 is 0 Å². The monoisotopic (exact) mass is 292 g/mol. The van der Waals surface area contributed by atoms with Gasteiger partial charge in [-0.3, -0.25) is 0 Å². The van der Waals surface area contributed by atoms with Crippen molar-refractivity contribution >= 4 is 0 Å². The molecule has 0 bridgehead atoms. The van der Waals surface area contributed by atoms with Gasteiger partial charge in [0, 0.05) is 12.6 Å². The SMILES string of the molecule is COc1cc(CNCCCN2CCCCC2)cc(OC)c1. The summed E-state index contributed by atoms with van der Waals surface area (Å²) in [6.45, 7) is 5.69. The number of piperidine rings is 1. The maximum absolute atomic E-state index is 5.29. The largest absolute Gasteiger partial charge is 0.497 e. The number of hydrogen-bond donors (Lipinski definition) is 1. The Balaban J connectivity index is 1.68. The Morgan fingerprint density at radius 2 is 1.67 bits per heavy atom. The van der Waals surface area contributed by atoms with E-state index in [1.54, 1.807) is 14.2 Å². The van der Waals surface area contributed by atoms with Gasteiger partial charge in [-0.25, -0.2) is 0 Å². The Morgan fingerprint density at radius 3 is 2.29 bits per heavy atom. The molecule has 1 aromatic carbocycles. The van der Waals surface area contributed by atoms with Crippen LogP contribution in [0.2, 0.25) is 0 Å². The number of rotatable bonds is 8. The van der Waals surface area contributed by atoms with Crippen molar-refractivity contribution in [2.24, 2.45) is 0 Å². The van der Waals surface area contributed by atoms with Gasteiger partial charge in [0.25, 0.3) is 0 Å². The second kappa shape index (κ2) is 8.90. The summed E-state index contributed by atoms with van der Waals surface area (Å²) in [7, 11) is 3.37. The molecular formula is C17H28N2O2. The Kier molecular flexibility index (Phi) is 6.83. The van der Waals surface area contributed by atoms with Gasteiger partial charge in [-0.05, 0) is 63.1 Å². The molecule has 0 spiro atoms. The number of ether oxygens (including phenoxy) is 2. The smallest absolute Gasteiger partial charge is 0.122 e. The molecule has 0 aliphatic carbocycles. The lowest BCUT2D eigenvalue weighted by atomic mass is 10.1. The fourth-order valence-electron chi connectivity index (χ4n) is 2.81. The second-order valence-electron chi connectivity index (χ2n) is 5.65. The molecule has 1 saturated heterocycles. The molecule has 1 aromatic rings. The van der Waals surface area contributed by atoms with Crippen molar-refractivity contribution < 1.29 is 9.47 Å². The molecule has 0 amide bonds. The molecule has 0 atom stereocenters. The van der Waals surface area contributed by atoms with E-state index in [4.69, 9.17) is 9.47 Å². The number of nitrogens with zero attached hydrogens (tertiary/aromatic N) is 1. The first-order valence-electron chi connectivity index (χ1n) is 7.97. The Hall–Kier alpha value is -1.26. The molecule has 118 valence electrons. The van der Waals surface area contributed by atoms with E-state index < -0.39 is 0 Å². The van der Waals surface area contributed by atoms with E-state index in [0.717, 1.165) is 24.6 Å². The standard InChI is InChI=1S/C17H28N2O2/c1-20-16-11-15(12-17(13-16)21-2)14-18-7-6-10-19-8-4-3-5-9-19/h11-13,18H,3-10,14H2,1-2H3. The third-order valence-electron chi connectivity index (χ3n) is 4.02. The van der Waals surface area contributed by atoms with Crippen molar-refractivity contribution in [3.8, 4) is 11.5 Å². The van der Waals surface area contributed by atoms with Crippen LogP contribution in [0, 0.1) is 0 Å². The first-order valence-corrected chi connectivity index (χ1v) is 7.97. The Labute approximate surface area is 128 Å². The summed E-state index contributed by atoms with van der Waals surface area (Å²) in [6.07, 6.45) is 5.36. The molecule has 1 aliphatic heterocycles. The highest BCUT2D eigenvalue weighted by Gasteiger charge is 2.08. The number of nitrogens with one attached hydrogen (secondary N) is 1. The lowest BCUT2D eigenvalue weighted by molar-refractivity contribution is 0.225. The molecule has 4 heteroatoms. The molecule has 0 saturated carbocycles. The van der Waals surface area contributed by atoms with Crippen LogP contribution in [0.1, 0.15) is 31.2 Å². The van der Waals surface area contributed by atoms with Crippen LogP contribution >= 0.6 is 0 Å². The third-order valence-corrected chi connectivity index (χ3v) is 4.02. The van der Waals surface area contributed by atoms with Gasteiger partial charge in [0.05, 0.1) is 14.2 Å². The minimum Gasteiger partial charge on any atom is -0.497 e. The van der Waals surface area contributed by atoms with Crippen LogP contribution in [-0.2, 0) is 6.54 Å². The highest BCUT2D eigenvalue weighted by Crippen LogP contribution is 2.22. The molecular weight excluding hydrogens is 264 g/mol. The van der Waals surface area contributed by atoms with Crippen LogP contribution in [0.15, 0.2) is 18.2 Å². The fraction of sp³-hybridized carbons (Fsp3) is 0.647. The summed E-state index contributed by atoms with van der Waals surface area (Å²) in [5.74, 6) is 1.69. The average molecular weight is 292 g/mol. The maximum Gasteiger partial charge on any atom is 0.122 e.